The van der Waals surface area contributed by atoms with E-state index in [9.17, 15) is 10.1 Å². The van der Waals surface area contributed by atoms with Gasteiger partial charge < -0.3 is 10.1 Å². The molecule has 0 aromatic heterocycles. The molecular formula is C19H16Cl2N2O3. The highest BCUT2D eigenvalue weighted by Crippen LogP contribution is 2.55. The Morgan fingerprint density at radius 2 is 2.04 bits per heavy atom. The van der Waals surface area contributed by atoms with Crippen LogP contribution in [0.3, 0.4) is 0 Å². The molecule has 0 saturated carbocycles. The van der Waals surface area contributed by atoms with Crippen LogP contribution >= 0.6 is 23.2 Å². The number of halogens is 2. The van der Waals surface area contributed by atoms with Crippen LogP contribution in [0.25, 0.3) is 0 Å². The monoisotopic (exact) mass is 390 g/mol. The number of allylic oxidation sites excluding steroid dienone is 2. The maximum atomic E-state index is 11.6. The molecule has 3 atom stereocenters. The van der Waals surface area contributed by atoms with Crippen molar-refractivity contribution in [2.45, 2.75) is 18.4 Å². The van der Waals surface area contributed by atoms with Crippen molar-refractivity contribution in [3.05, 3.63) is 73.8 Å². The number of hydrogen-bond donors (Lipinski definition) is 1. The van der Waals surface area contributed by atoms with Crippen molar-refractivity contribution in [3.8, 4) is 5.75 Å². The summed E-state index contributed by atoms with van der Waals surface area (Å²) in [5.74, 6) is 0.696. The molecule has 1 aliphatic carbocycles. The van der Waals surface area contributed by atoms with Crippen LogP contribution in [0.4, 0.5) is 11.4 Å². The zero-order valence-electron chi connectivity index (χ0n) is 13.9. The Labute approximate surface area is 160 Å². The molecule has 1 N–H and O–H groups in total. The molecule has 5 nitrogen and oxygen atoms in total. The zero-order valence-corrected chi connectivity index (χ0v) is 15.4. The van der Waals surface area contributed by atoms with E-state index in [1.54, 1.807) is 19.2 Å². The van der Waals surface area contributed by atoms with Gasteiger partial charge in [-0.15, -0.1) is 0 Å². The van der Waals surface area contributed by atoms with Gasteiger partial charge in [-0.25, -0.2) is 0 Å². The SMILES string of the molecule is COc1ccc([N+](=O)[O-])c2c1N[C@H](c1ccc(Cl)c(Cl)c1)[C@H]1CC=C[C@@H]21. The van der Waals surface area contributed by atoms with Gasteiger partial charge in [0, 0.05) is 12.0 Å². The molecule has 1 aliphatic heterocycles. The summed E-state index contributed by atoms with van der Waals surface area (Å²) >= 11 is 12.3. The summed E-state index contributed by atoms with van der Waals surface area (Å²) in [7, 11) is 1.56. The summed E-state index contributed by atoms with van der Waals surface area (Å²) < 4.78 is 5.47. The number of fused-ring (bicyclic) bond motifs is 3. The van der Waals surface area contributed by atoms with Crippen LogP contribution in [0.1, 0.15) is 29.5 Å². The van der Waals surface area contributed by atoms with Crippen LogP contribution in [0.2, 0.25) is 10.0 Å². The average molecular weight is 391 g/mol. The Balaban J connectivity index is 1.88. The van der Waals surface area contributed by atoms with Crippen LogP contribution in [0, 0.1) is 16.0 Å². The van der Waals surface area contributed by atoms with Crippen molar-refractivity contribution < 1.29 is 9.66 Å². The third-order valence-electron chi connectivity index (χ3n) is 5.18. The predicted octanol–water partition coefficient (Wildman–Crippen LogP) is 5.74. The molecule has 0 bridgehead atoms. The maximum Gasteiger partial charge on any atom is 0.275 e. The van der Waals surface area contributed by atoms with Gasteiger partial charge in [0.2, 0.25) is 0 Å². The summed E-state index contributed by atoms with van der Waals surface area (Å²) in [6, 6.07) is 8.67. The van der Waals surface area contributed by atoms with Gasteiger partial charge in [-0.1, -0.05) is 41.4 Å². The highest BCUT2D eigenvalue weighted by Gasteiger charge is 2.42. The number of nitro groups is 1. The van der Waals surface area contributed by atoms with E-state index in [-0.39, 0.29) is 28.5 Å². The largest absolute Gasteiger partial charge is 0.495 e. The Kier molecular flexibility index (Phi) is 4.29. The van der Waals surface area contributed by atoms with Crippen LogP contribution in [-0.2, 0) is 0 Å². The summed E-state index contributed by atoms with van der Waals surface area (Å²) in [5, 5.41) is 16.0. The van der Waals surface area contributed by atoms with Gasteiger partial charge in [0.05, 0.1) is 39.4 Å². The van der Waals surface area contributed by atoms with Gasteiger partial charge in [-0.2, -0.15) is 0 Å². The van der Waals surface area contributed by atoms with Gasteiger partial charge in [0.25, 0.3) is 5.69 Å². The predicted molar refractivity (Wildman–Crippen MR) is 102 cm³/mol. The smallest absolute Gasteiger partial charge is 0.275 e. The van der Waals surface area contributed by atoms with E-state index < -0.39 is 0 Å². The normalized spacial score (nSPS) is 23.1. The lowest BCUT2D eigenvalue weighted by atomic mass is 9.76. The molecule has 0 spiro atoms. The first kappa shape index (κ1) is 17.2. The van der Waals surface area contributed by atoms with Gasteiger partial charge in [0.15, 0.2) is 0 Å². The molecule has 2 aliphatic rings. The van der Waals surface area contributed by atoms with Gasteiger partial charge in [-0.05, 0) is 36.1 Å². The molecule has 0 saturated heterocycles. The Hall–Kier alpha value is -2.24. The topological polar surface area (TPSA) is 64.4 Å². The van der Waals surface area contributed by atoms with Crippen LogP contribution in [0.5, 0.6) is 5.75 Å². The van der Waals surface area contributed by atoms with E-state index >= 15 is 0 Å². The minimum atomic E-state index is -0.331. The lowest BCUT2D eigenvalue weighted by Crippen LogP contribution is -2.30. The fourth-order valence-corrected chi connectivity index (χ4v) is 4.33. The second kappa shape index (κ2) is 6.49. The van der Waals surface area contributed by atoms with E-state index in [0.29, 0.717) is 27.0 Å². The Morgan fingerprint density at radius 3 is 2.73 bits per heavy atom. The Bertz CT molecular complexity index is 929. The van der Waals surface area contributed by atoms with Gasteiger partial charge in [0.1, 0.15) is 5.75 Å². The van der Waals surface area contributed by atoms with E-state index in [2.05, 4.69) is 17.5 Å². The first-order valence-electron chi connectivity index (χ1n) is 8.24. The fraction of sp³-hybridized carbons (Fsp3) is 0.263. The Morgan fingerprint density at radius 1 is 1.23 bits per heavy atom. The highest BCUT2D eigenvalue weighted by molar-refractivity contribution is 6.42. The lowest BCUT2D eigenvalue weighted by Gasteiger charge is -2.37. The van der Waals surface area contributed by atoms with E-state index in [4.69, 9.17) is 27.9 Å². The summed E-state index contributed by atoms with van der Waals surface area (Å²) in [4.78, 5) is 11.2. The number of ether oxygens (including phenoxy) is 1. The molecule has 2 aromatic rings. The third kappa shape index (κ3) is 2.63. The van der Waals surface area contributed by atoms with E-state index in [0.717, 1.165) is 12.0 Å². The molecule has 0 radical (unpaired) electrons. The molecule has 2 aromatic carbocycles. The number of anilines is 1. The highest BCUT2D eigenvalue weighted by atomic mass is 35.5. The lowest BCUT2D eigenvalue weighted by molar-refractivity contribution is -0.385. The summed E-state index contributed by atoms with van der Waals surface area (Å²) in [5.41, 5.74) is 2.47. The van der Waals surface area contributed by atoms with Crippen molar-refractivity contribution in [2.75, 3.05) is 12.4 Å². The number of hydrogen-bond acceptors (Lipinski definition) is 4. The van der Waals surface area contributed by atoms with Crippen molar-refractivity contribution >= 4 is 34.6 Å². The molecule has 0 fully saturated rings. The quantitative estimate of drug-likeness (QED) is 0.412. The number of nitrogens with zero attached hydrogens (tertiary/aromatic N) is 1. The van der Waals surface area contributed by atoms with Crippen molar-refractivity contribution in [2.24, 2.45) is 5.92 Å². The van der Waals surface area contributed by atoms with Gasteiger partial charge >= 0.3 is 0 Å². The number of nitro benzene ring substituents is 1. The molecule has 7 heteroatoms. The second-order valence-electron chi connectivity index (χ2n) is 6.48. The van der Waals surface area contributed by atoms with Crippen molar-refractivity contribution in [3.63, 3.8) is 0 Å². The molecule has 26 heavy (non-hydrogen) atoms. The average Bonchev–Trinajstić information content (AvgIpc) is 3.12. The molecule has 0 unspecified atom stereocenters. The van der Waals surface area contributed by atoms with Gasteiger partial charge in [-0.3, -0.25) is 10.1 Å². The number of methoxy groups -OCH3 is 1. The summed E-state index contributed by atoms with van der Waals surface area (Å²) in [6.07, 6.45) is 4.97. The van der Waals surface area contributed by atoms with Crippen molar-refractivity contribution in [1.82, 2.24) is 0 Å². The second-order valence-corrected chi connectivity index (χ2v) is 7.30. The van der Waals surface area contributed by atoms with E-state index in [1.807, 2.05) is 12.1 Å². The fourth-order valence-electron chi connectivity index (χ4n) is 4.03. The number of nitrogens with one attached hydrogen (secondary N) is 1. The number of rotatable bonds is 3. The van der Waals surface area contributed by atoms with Crippen LogP contribution in [0.15, 0.2) is 42.5 Å². The minimum Gasteiger partial charge on any atom is -0.495 e. The molecule has 4 rings (SSSR count). The minimum absolute atomic E-state index is 0.0480. The van der Waals surface area contributed by atoms with Crippen molar-refractivity contribution in [1.29, 1.82) is 0 Å². The van der Waals surface area contributed by atoms with E-state index in [1.165, 1.54) is 6.07 Å². The van der Waals surface area contributed by atoms with Crippen LogP contribution < -0.4 is 10.1 Å². The third-order valence-corrected chi connectivity index (χ3v) is 5.92. The standard InChI is InChI=1S/C19H16Cl2N2O3/c1-26-16-8-7-15(23(24)25)17-11-3-2-4-12(11)18(22-19(16)17)10-5-6-13(20)14(21)9-10/h2-3,5-9,11-12,18,22H,4H2,1H3/t11-,12+,18-/m1/s1. The molecule has 1 heterocycles. The maximum absolute atomic E-state index is 11.6. The van der Waals surface area contributed by atoms with Crippen LogP contribution in [-0.4, -0.2) is 12.0 Å². The molecule has 134 valence electrons. The zero-order chi connectivity index (χ0) is 18.4. The summed E-state index contributed by atoms with van der Waals surface area (Å²) in [6.45, 7) is 0. The first-order valence-corrected chi connectivity index (χ1v) is 9.00. The first-order chi connectivity index (χ1) is 12.5. The molecule has 0 amide bonds. The number of benzene rings is 2. The molecular weight excluding hydrogens is 375 g/mol.